The van der Waals surface area contributed by atoms with Crippen LogP contribution in [0.25, 0.3) is 6.08 Å². The standard InChI is InChI=1S/C24H18ClFN4O5S2/c25-15-1-10-20(35-13-22(31)29-17-4-8-19(9-5-17)37(28,33)34)14(11-15)12-21-23(32)30(24(27)36-21)18-6-2-16(26)3-7-18/h1-12,27H,13H2,(H,29,31)(H2,28,33,34)/b21-12-,27-24?. The van der Waals surface area contributed by atoms with Crippen LogP contribution in [0.2, 0.25) is 5.02 Å². The number of carbonyl (C=O) groups is 2. The van der Waals surface area contributed by atoms with Crippen molar-refractivity contribution in [1.82, 2.24) is 0 Å². The highest BCUT2D eigenvalue weighted by atomic mass is 35.5. The number of amidine groups is 1. The predicted molar refractivity (Wildman–Crippen MR) is 141 cm³/mol. The number of hydrogen-bond donors (Lipinski definition) is 3. The van der Waals surface area contributed by atoms with E-state index in [4.69, 9.17) is 26.9 Å². The van der Waals surface area contributed by atoms with E-state index >= 15 is 0 Å². The SMILES string of the molecule is N=C1S/C(=C\c2cc(Cl)ccc2OCC(=O)Nc2ccc(S(N)(=O)=O)cc2)C(=O)N1c1ccc(F)cc1. The summed E-state index contributed by atoms with van der Waals surface area (Å²) in [5, 5.41) is 16.1. The molecule has 2 amide bonds. The van der Waals surface area contributed by atoms with Gasteiger partial charge in [0, 0.05) is 16.3 Å². The first kappa shape index (κ1) is 26.4. The number of amides is 2. The van der Waals surface area contributed by atoms with E-state index < -0.39 is 34.3 Å². The molecule has 0 radical (unpaired) electrons. The number of halogens is 2. The van der Waals surface area contributed by atoms with Crippen molar-refractivity contribution in [3.8, 4) is 5.75 Å². The Morgan fingerprint density at radius 2 is 1.81 bits per heavy atom. The predicted octanol–water partition coefficient (Wildman–Crippen LogP) is 4.20. The fourth-order valence-electron chi connectivity index (χ4n) is 3.28. The first-order chi connectivity index (χ1) is 17.5. The number of thioether (sulfide) groups is 1. The van der Waals surface area contributed by atoms with Crippen LogP contribution in [0.3, 0.4) is 0 Å². The lowest BCUT2D eigenvalue weighted by molar-refractivity contribution is -0.118. The zero-order chi connectivity index (χ0) is 26.7. The number of ether oxygens (including phenoxy) is 1. The summed E-state index contributed by atoms with van der Waals surface area (Å²) in [4.78, 5) is 26.6. The maximum Gasteiger partial charge on any atom is 0.271 e. The van der Waals surface area contributed by atoms with Crippen LogP contribution in [0.1, 0.15) is 5.56 Å². The van der Waals surface area contributed by atoms with Gasteiger partial charge < -0.3 is 10.1 Å². The number of anilines is 2. The van der Waals surface area contributed by atoms with Gasteiger partial charge in [0.15, 0.2) is 11.8 Å². The van der Waals surface area contributed by atoms with Crippen LogP contribution in [-0.4, -0.2) is 32.0 Å². The van der Waals surface area contributed by atoms with Crippen LogP contribution in [-0.2, 0) is 19.6 Å². The van der Waals surface area contributed by atoms with Crippen LogP contribution in [0.4, 0.5) is 15.8 Å². The minimum absolute atomic E-state index is 0.0554. The number of primary sulfonamides is 1. The molecule has 4 rings (SSSR count). The van der Waals surface area contributed by atoms with Gasteiger partial charge in [0.25, 0.3) is 11.8 Å². The number of nitrogens with two attached hydrogens (primary N) is 1. The second kappa shape index (κ2) is 10.7. The first-order valence-electron chi connectivity index (χ1n) is 10.4. The minimum atomic E-state index is -3.85. The Labute approximate surface area is 220 Å². The quantitative estimate of drug-likeness (QED) is 0.370. The van der Waals surface area contributed by atoms with Crippen molar-refractivity contribution in [3.05, 3.63) is 88.0 Å². The van der Waals surface area contributed by atoms with Gasteiger partial charge in [-0.1, -0.05) is 11.6 Å². The molecule has 0 atom stereocenters. The molecule has 1 saturated heterocycles. The molecule has 13 heteroatoms. The van der Waals surface area contributed by atoms with Crippen LogP contribution < -0.4 is 20.1 Å². The van der Waals surface area contributed by atoms with Crippen LogP contribution in [0, 0.1) is 11.2 Å². The van der Waals surface area contributed by atoms with Gasteiger partial charge in [0.05, 0.1) is 15.5 Å². The number of rotatable bonds is 7. The van der Waals surface area contributed by atoms with E-state index in [1.165, 1.54) is 60.7 Å². The average molecular weight is 561 g/mol. The number of sulfonamides is 1. The largest absolute Gasteiger partial charge is 0.483 e. The van der Waals surface area contributed by atoms with Crippen LogP contribution in [0.15, 0.2) is 76.5 Å². The van der Waals surface area contributed by atoms with E-state index in [0.717, 1.165) is 16.7 Å². The van der Waals surface area contributed by atoms with Crippen molar-refractivity contribution in [2.24, 2.45) is 5.14 Å². The van der Waals surface area contributed by atoms with E-state index in [9.17, 15) is 22.4 Å². The van der Waals surface area contributed by atoms with Gasteiger partial charge in [-0.15, -0.1) is 0 Å². The molecule has 1 aliphatic heterocycles. The highest BCUT2D eigenvalue weighted by Gasteiger charge is 2.33. The highest BCUT2D eigenvalue weighted by Crippen LogP contribution is 2.37. The lowest BCUT2D eigenvalue weighted by Gasteiger charge is -2.14. The van der Waals surface area contributed by atoms with Gasteiger partial charge in [0.2, 0.25) is 10.0 Å². The molecule has 0 saturated carbocycles. The Kier molecular flexibility index (Phi) is 7.64. The smallest absolute Gasteiger partial charge is 0.271 e. The highest BCUT2D eigenvalue weighted by molar-refractivity contribution is 8.19. The van der Waals surface area contributed by atoms with E-state index in [-0.39, 0.29) is 20.7 Å². The van der Waals surface area contributed by atoms with Gasteiger partial charge in [0.1, 0.15) is 11.6 Å². The molecule has 1 fully saturated rings. The Morgan fingerprint density at radius 3 is 2.46 bits per heavy atom. The zero-order valence-corrected chi connectivity index (χ0v) is 21.2. The summed E-state index contributed by atoms with van der Waals surface area (Å²) in [6, 6.07) is 15.1. The molecule has 37 heavy (non-hydrogen) atoms. The fraction of sp³-hybridized carbons (Fsp3) is 0.0417. The third-order valence-corrected chi connectivity index (χ3v) is 7.04. The monoisotopic (exact) mass is 560 g/mol. The Morgan fingerprint density at radius 1 is 1.14 bits per heavy atom. The third kappa shape index (κ3) is 6.35. The van der Waals surface area contributed by atoms with E-state index in [1.54, 1.807) is 12.1 Å². The van der Waals surface area contributed by atoms with Crippen LogP contribution >= 0.6 is 23.4 Å². The first-order valence-corrected chi connectivity index (χ1v) is 13.2. The molecule has 3 aromatic rings. The summed E-state index contributed by atoms with van der Waals surface area (Å²) in [7, 11) is -3.85. The van der Waals surface area contributed by atoms with Gasteiger partial charge in [-0.3, -0.25) is 19.9 Å². The lowest BCUT2D eigenvalue weighted by Crippen LogP contribution is -2.28. The molecule has 1 aliphatic rings. The van der Waals surface area contributed by atoms with Crippen molar-refractivity contribution < 1.29 is 27.1 Å². The Hall–Kier alpha value is -3.71. The summed E-state index contributed by atoms with van der Waals surface area (Å²) < 4.78 is 41.6. The summed E-state index contributed by atoms with van der Waals surface area (Å²) >= 11 is 7.04. The Balaban J connectivity index is 1.48. The number of nitrogens with one attached hydrogen (secondary N) is 2. The second-order valence-corrected chi connectivity index (χ2v) is 10.6. The molecule has 4 N–H and O–H groups in total. The summed E-state index contributed by atoms with van der Waals surface area (Å²) in [5.41, 5.74) is 1.10. The summed E-state index contributed by atoms with van der Waals surface area (Å²) in [6.07, 6.45) is 1.50. The number of nitrogens with zero attached hydrogens (tertiary/aromatic N) is 1. The molecule has 3 aromatic carbocycles. The van der Waals surface area contributed by atoms with Crippen molar-refractivity contribution in [2.75, 3.05) is 16.8 Å². The van der Waals surface area contributed by atoms with E-state index in [0.29, 0.717) is 22.0 Å². The third-order valence-electron chi connectivity index (χ3n) is 4.99. The normalized spacial score (nSPS) is 14.8. The lowest BCUT2D eigenvalue weighted by atomic mass is 10.1. The Bertz CT molecular complexity index is 1530. The van der Waals surface area contributed by atoms with E-state index in [1.807, 2.05) is 0 Å². The second-order valence-electron chi connectivity index (χ2n) is 7.62. The number of benzene rings is 3. The van der Waals surface area contributed by atoms with Crippen molar-refractivity contribution >= 4 is 67.8 Å². The van der Waals surface area contributed by atoms with Gasteiger partial charge >= 0.3 is 0 Å². The van der Waals surface area contributed by atoms with Crippen molar-refractivity contribution in [3.63, 3.8) is 0 Å². The van der Waals surface area contributed by atoms with E-state index in [2.05, 4.69) is 5.32 Å². The summed E-state index contributed by atoms with van der Waals surface area (Å²) in [5.74, 6) is -1.20. The van der Waals surface area contributed by atoms with Crippen molar-refractivity contribution in [2.45, 2.75) is 4.90 Å². The molecule has 0 spiro atoms. The zero-order valence-electron chi connectivity index (χ0n) is 18.8. The summed E-state index contributed by atoms with van der Waals surface area (Å²) in [6.45, 7) is -0.395. The molecule has 9 nitrogen and oxygen atoms in total. The number of carbonyl (C=O) groups excluding carboxylic acids is 2. The molecule has 190 valence electrons. The van der Waals surface area contributed by atoms with Gasteiger partial charge in [-0.25, -0.2) is 17.9 Å². The maximum absolute atomic E-state index is 13.3. The molecular formula is C24H18ClFN4O5S2. The van der Waals surface area contributed by atoms with Gasteiger partial charge in [-0.2, -0.15) is 0 Å². The molecule has 0 aliphatic carbocycles. The van der Waals surface area contributed by atoms with Gasteiger partial charge in [-0.05, 0) is 84.6 Å². The maximum atomic E-state index is 13.3. The molecular weight excluding hydrogens is 543 g/mol. The van der Waals surface area contributed by atoms with Crippen molar-refractivity contribution in [1.29, 1.82) is 5.41 Å². The molecule has 0 aromatic heterocycles. The average Bonchev–Trinajstić information content (AvgIpc) is 3.11. The minimum Gasteiger partial charge on any atom is -0.483 e. The topological polar surface area (TPSA) is 143 Å². The molecule has 0 bridgehead atoms. The molecule has 0 unspecified atom stereocenters. The fourth-order valence-corrected chi connectivity index (χ4v) is 4.83. The molecule has 1 heterocycles. The number of hydrogen-bond acceptors (Lipinski definition) is 7. The van der Waals surface area contributed by atoms with Crippen LogP contribution in [0.5, 0.6) is 5.75 Å².